The number of hydrogen-bond donors (Lipinski definition) is 0. The second kappa shape index (κ2) is 9.36. The molecule has 27 heavy (non-hydrogen) atoms. The summed E-state index contributed by atoms with van der Waals surface area (Å²) in [6.07, 6.45) is -4.58. The maximum atomic E-state index is 12.6. The van der Waals surface area contributed by atoms with Crippen molar-refractivity contribution in [2.24, 2.45) is 0 Å². The Balaban J connectivity index is 2.27. The van der Waals surface area contributed by atoms with Gasteiger partial charge in [-0.05, 0) is 29.8 Å². The van der Waals surface area contributed by atoms with Crippen LogP contribution in [0, 0.1) is 11.8 Å². The van der Waals surface area contributed by atoms with E-state index in [1.807, 2.05) is 5.92 Å². The highest BCUT2D eigenvalue weighted by Gasteiger charge is 2.30. The molecule has 142 valence electrons. The fourth-order valence-electron chi connectivity index (χ4n) is 1.95. The van der Waals surface area contributed by atoms with Gasteiger partial charge in [-0.2, -0.15) is 13.2 Å². The molecule has 0 saturated carbocycles. The van der Waals surface area contributed by atoms with Crippen molar-refractivity contribution in [2.45, 2.75) is 12.8 Å². The van der Waals surface area contributed by atoms with Crippen LogP contribution >= 0.6 is 11.6 Å². The molecule has 0 N–H and O–H groups in total. The Hall–Kier alpha value is -2.62. The average Bonchev–Trinajstić information content (AvgIpc) is 2.63. The molecule has 2 rings (SSSR count). The quantitative estimate of drug-likeness (QED) is 0.485. The Morgan fingerprint density at radius 2 is 1.81 bits per heavy atom. The van der Waals surface area contributed by atoms with E-state index in [2.05, 4.69) is 12.5 Å². The molecule has 0 heterocycles. The van der Waals surface area contributed by atoms with Crippen molar-refractivity contribution >= 4 is 11.6 Å². The normalized spacial score (nSPS) is 10.7. The summed E-state index contributed by atoms with van der Waals surface area (Å²) in [6, 6.07) is 11.8. The number of allylic oxidation sites excluding steroid dienone is 1. The first-order valence-electron chi connectivity index (χ1n) is 7.71. The fraction of sp³-hybridized carbons (Fsp3) is 0.200. The molecule has 7 heteroatoms. The monoisotopic (exact) mass is 396 g/mol. The van der Waals surface area contributed by atoms with Gasteiger partial charge < -0.3 is 14.2 Å². The number of rotatable bonds is 6. The minimum Gasteiger partial charge on any atom is -0.485 e. The SMILES string of the molecule is C=C(C#Cc1cccc(OCc2ccc(Cl)cc2)c1OCOC)C(F)(F)F. The van der Waals surface area contributed by atoms with Crippen molar-refractivity contribution in [3.63, 3.8) is 0 Å². The summed E-state index contributed by atoms with van der Waals surface area (Å²) < 4.78 is 53.8. The van der Waals surface area contributed by atoms with Crippen molar-refractivity contribution in [3.05, 3.63) is 70.8 Å². The van der Waals surface area contributed by atoms with Crippen molar-refractivity contribution in [1.29, 1.82) is 0 Å². The maximum Gasteiger partial charge on any atom is 0.423 e. The molecule has 0 saturated heterocycles. The topological polar surface area (TPSA) is 27.7 Å². The second-order valence-corrected chi connectivity index (χ2v) is 5.76. The predicted molar refractivity (Wildman–Crippen MR) is 96.8 cm³/mol. The number of methoxy groups -OCH3 is 1. The number of alkyl halides is 3. The first-order chi connectivity index (χ1) is 12.8. The Morgan fingerprint density at radius 3 is 2.44 bits per heavy atom. The third kappa shape index (κ3) is 6.24. The molecule has 2 aromatic carbocycles. The molecule has 0 unspecified atom stereocenters. The lowest BCUT2D eigenvalue weighted by molar-refractivity contribution is -0.0868. The fourth-order valence-corrected chi connectivity index (χ4v) is 2.08. The molecule has 0 aliphatic rings. The lowest BCUT2D eigenvalue weighted by Crippen LogP contribution is -2.09. The van der Waals surface area contributed by atoms with Crippen molar-refractivity contribution in [3.8, 4) is 23.3 Å². The molecule has 3 nitrogen and oxygen atoms in total. The maximum absolute atomic E-state index is 12.6. The third-order valence-electron chi connectivity index (χ3n) is 3.30. The van der Waals surface area contributed by atoms with Gasteiger partial charge in [0, 0.05) is 12.1 Å². The zero-order chi connectivity index (χ0) is 19.9. The number of para-hydroxylation sites is 1. The van der Waals surface area contributed by atoms with Gasteiger partial charge in [0.05, 0.1) is 11.1 Å². The number of ether oxygens (including phenoxy) is 3. The summed E-state index contributed by atoms with van der Waals surface area (Å²) >= 11 is 5.85. The first-order valence-corrected chi connectivity index (χ1v) is 8.09. The van der Waals surface area contributed by atoms with E-state index < -0.39 is 11.7 Å². The van der Waals surface area contributed by atoms with Gasteiger partial charge in [0.1, 0.15) is 6.61 Å². The summed E-state index contributed by atoms with van der Waals surface area (Å²) in [7, 11) is 1.42. The summed E-state index contributed by atoms with van der Waals surface area (Å²) in [6.45, 7) is 3.03. The van der Waals surface area contributed by atoms with Crippen LogP contribution in [0.5, 0.6) is 11.5 Å². The molecule has 0 radical (unpaired) electrons. The van der Waals surface area contributed by atoms with Gasteiger partial charge >= 0.3 is 6.18 Å². The molecular formula is C20H16ClF3O3. The van der Waals surface area contributed by atoms with Crippen LogP contribution in [-0.2, 0) is 11.3 Å². The van der Waals surface area contributed by atoms with Gasteiger partial charge in [-0.15, -0.1) is 0 Å². The molecule has 0 fully saturated rings. The minimum absolute atomic E-state index is 0.115. The Morgan fingerprint density at radius 1 is 1.11 bits per heavy atom. The number of hydrogen-bond acceptors (Lipinski definition) is 3. The van der Waals surface area contributed by atoms with Gasteiger partial charge in [-0.3, -0.25) is 0 Å². The molecule has 0 bridgehead atoms. The number of halogens is 4. The second-order valence-electron chi connectivity index (χ2n) is 5.33. The highest BCUT2D eigenvalue weighted by Crippen LogP contribution is 2.32. The third-order valence-corrected chi connectivity index (χ3v) is 3.55. The van der Waals surface area contributed by atoms with E-state index in [0.29, 0.717) is 10.8 Å². The van der Waals surface area contributed by atoms with Crippen LogP contribution in [0.25, 0.3) is 0 Å². The minimum atomic E-state index is -4.58. The van der Waals surface area contributed by atoms with Crippen LogP contribution in [0.3, 0.4) is 0 Å². The van der Waals surface area contributed by atoms with Crippen molar-refractivity contribution in [1.82, 2.24) is 0 Å². The standard InChI is InChI=1S/C20H16ClF3O3/c1-14(20(22,23)24)6-9-16-4-3-5-18(19(16)27-13-25-2)26-12-15-7-10-17(21)11-8-15/h3-5,7-8,10-11H,1,12-13H2,2H3. The van der Waals surface area contributed by atoms with Crippen LogP contribution in [0.2, 0.25) is 5.02 Å². The van der Waals surface area contributed by atoms with E-state index in [0.717, 1.165) is 5.56 Å². The summed E-state index contributed by atoms with van der Waals surface area (Å²) in [4.78, 5) is 0. The Kier molecular flexibility index (Phi) is 7.17. The molecule has 0 atom stereocenters. The van der Waals surface area contributed by atoms with Crippen LogP contribution in [0.15, 0.2) is 54.6 Å². The summed E-state index contributed by atoms with van der Waals surface area (Å²) in [5, 5.41) is 0.602. The van der Waals surface area contributed by atoms with Gasteiger partial charge in [0.25, 0.3) is 0 Å². The van der Waals surface area contributed by atoms with E-state index in [1.54, 1.807) is 36.4 Å². The Labute approximate surface area is 160 Å². The van der Waals surface area contributed by atoms with E-state index in [4.69, 9.17) is 25.8 Å². The molecule has 2 aromatic rings. The zero-order valence-corrected chi connectivity index (χ0v) is 15.2. The van der Waals surface area contributed by atoms with Crippen molar-refractivity contribution < 1.29 is 27.4 Å². The van der Waals surface area contributed by atoms with Crippen LogP contribution < -0.4 is 9.47 Å². The molecule has 0 aliphatic heterocycles. The zero-order valence-electron chi connectivity index (χ0n) is 14.4. The van der Waals surface area contributed by atoms with E-state index >= 15 is 0 Å². The van der Waals surface area contributed by atoms with Crippen LogP contribution in [0.1, 0.15) is 11.1 Å². The highest BCUT2D eigenvalue weighted by atomic mass is 35.5. The van der Waals surface area contributed by atoms with Crippen molar-refractivity contribution in [2.75, 3.05) is 13.9 Å². The molecule has 0 aromatic heterocycles. The Bertz CT molecular complexity index is 850. The van der Waals surface area contributed by atoms with E-state index in [1.165, 1.54) is 13.2 Å². The largest absolute Gasteiger partial charge is 0.485 e. The first kappa shape index (κ1) is 20.7. The van der Waals surface area contributed by atoms with Gasteiger partial charge in [0.2, 0.25) is 0 Å². The lowest BCUT2D eigenvalue weighted by Gasteiger charge is -2.14. The smallest absolute Gasteiger partial charge is 0.423 e. The summed E-state index contributed by atoms with van der Waals surface area (Å²) in [5.74, 6) is 4.95. The van der Waals surface area contributed by atoms with Gasteiger partial charge in [0.15, 0.2) is 18.3 Å². The van der Waals surface area contributed by atoms with E-state index in [-0.39, 0.29) is 24.7 Å². The van der Waals surface area contributed by atoms with Gasteiger partial charge in [-0.1, -0.05) is 48.2 Å². The molecule has 0 amide bonds. The average molecular weight is 397 g/mol. The molecule has 0 aliphatic carbocycles. The predicted octanol–water partition coefficient (Wildman–Crippen LogP) is 5.37. The lowest BCUT2D eigenvalue weighted by atomic mass is 10.1. The van der Waals surface area contributed by atoms with Crippen LogP contribution in [0.4, 0.5) is 13.2 Å². The highest BCUT2D eigenvalue weighted by molar-refractivity contribution is 6.30. The van der Waals surface area contributed by atoms with Gasteiger partial charge in [-0.25, -0.2) is 0 Å². The number of benzene rings is 2. The molecular weight excluding hydrogens is 381 g/mol. The summed E-state index contributed by atoms with van der Waals surface area (Å²) in [5.41, 5.74) is -0.0576. The molecule has 0 spiro atoms. The van der Waals surface area contributed by atoms with Crippen LogP contribution in [-0.4, -0.2) is 20.1 Å². The van der Waals surface area contributed by atoms with E-state index in [9.17, 15) is 13.2 Å².